The molecule has 1 rings (SSSR count). The topological polar surface area (TPSA) is 90.0 Å². The predicted molar refractivity (Wildman–Crippen MR) is 62.2 cm³/mol. The zero-order chi connectivity index (χ0) is 12.3. The standard InChI is InChI=1S/C9H16N4O2S/c1-7(2)4-5-11-16(14,15)8-6-13(3)12-9(8)10/h4,6,11H,5H2,1-3H3,(H2,10,12). The summed E-state index contributed by atoms with van der Waals surface area (Å²) in [6, 6.07) is 0. The van der Waals surface area contributed by atoms with Crippen LogP contribution in [0.2, 0.25) is 0 Å². The van der Waals surface area contributed by atoms with Gasteiger partial charge in [0, 0.05) is 19.8 Å². The molecule has 3 N–H and O–H groups in total. The Labute approximate surface area is 95.2 Å². The molecule has 0 radical (unpaired) electrons. The minimum atomic E-state index is -3.57. The number of hydrogen-bond acceptors (Lipinski definition) is 4. The van der Waals surface area contributed by atoms with Crippen molar-refractivity contribution in [3.8, 4) is 0 Å². The van der Waals surface area contributed by atoms with E-state index in [4.69, 9.17) is 5.73 Å². The van der Waals surface area contributed by atoms with Crippen LogP contribution in [0.4, 0.5) is 5.82 Å². The van der Waals surface area contributed by atoms with Gasteiger partial charge in [-0.15, -0.1) is 0 Å². The lowest BCUT2D eigenvalue weighted by molar-refractivity contribution is 0.585. The Morgan fingerprint density at radius 3 is 2.69 bits per heavy atom. The van der Waals surface area contributed by atoms with Crippen molar-refractivity contribution in [3.63, 3.8) is 0 Å². The molecule has 7 heteroatoms. The Morgan fingerprint density at radius 2 is 2.25 bits per heavy atom. The van der Waals surface area contributed by atoms with Gasteiger partial charge in [-0.05, 0) is 13.8 Å². The number of nitrogens with zero attached hydrogens (tertiary/aromatic N) is 2. The second-order valence-electron chi connectivity index (χ2n) is 3.69. The van der Waals surface area contributed by atoms with Crippen molar-refractivity contribution >= 4 is 15.8 Å². The first kappa shape index (κ1) is 12.7. The van der Waals surface area contributed by atoms with Gasteiger partial charge in [0.2, 0.25) is 10.0 Å². The van der Waals surface area contributed by atoms with E-state index in [2.05, 4.69) is 9.82 Å². The van der Waals surface area contributed by atoms with E-state index in [-0.39, 0.29) is 17.3 Å². The molecule has 0 saturated carbocycles. The third-order valence-electron chi connectivity index (χ3n) is 1.90. The molecule has 0 spiro atoms. The van der Waals surface area contributed by atoms with Crippen molar-refractivity contribution in [1.29, 1.82) is 0 Å². The molecule has 6 nitrogen and oxygen atoms in total. The van der Waals surface area contributed by atoms with Crippen LogP contribution in [0, 0.1) is 0 Å². The number of allylic oxidation sites excluding steroid dienone is 1. The fourth-order valence-corrected chi connectivity index (χ4v) is 2.19. The van der Waals surface area contributed by atoms with Gasteiger partial charge < -0.3 is 5.73 Å². The molecule has 0 aliphatic carbocycles. The average Bonchev–Trinajstić information content (AvgIpc) is 2.44. The first-order chi connectivity index (χ1) is 7.33. The van der Waals surface area contributed by atoms with Gasteiger partial charge in [-0.25, -0.2) is 13.1 Å². The highest BCUT2D eigenvalue weighted by Gasteiger charge is 2.19. The maximum Gasteiger partial charge on any atom is 0.246 e. The minimum Gasteiger partial charge on any atom is -0.381 e. The van der Waals surface area contributed by atoms with E-state index in [0.29, 0.717) is 0 Å². The van der Waals surface area contributed by atoms with Crippen molar-refractivity contribution in [2.75, 3.05) is 12.3 Å². The third kappa shape index (κ3) is 3.07. The van der Waals surface area contributed by atoms with Crippen LogP contribution in [0.5, 0.6) is 0 Å². The first-order valence-electron chi connectivity index (χ1n) is 4.75. The SMILES string of the molecule is CC(C)=CCNS(=O)(=O)c1cn(C)nc1N. The first-order valence-corrected chi connectivity index (χ1v) is 6.23. The van der Waals surface area contributed by atoms with Crippen LogP contribution < -0.4 is 10.5 Å². The van der Waals surface area contributed by atoms with Gasteiger partial charge in [0.15, 0.2) is 5.82 Å². The number of sulfonamides is 1. The zero-order valence-corrected chi connectivity index (χ0v) is 10.4. The number of anilines is 1. The summed E-state index contributed by atoms with van der Waals surface area (Å²) in [5.74, 6) is 0.00667. The van der Waals surface area contributed by atoms with Crippen molar-refractivity contribution in [2.45, 2.75) is 18.7 Å². The lowest BCUT2D eigenvalue weighted by Crippen LogP contribution is -2.24. The quantitative estimate of drug-likeness (QED) is 0.743. The Balaban J connectivity index is 2.87. The van der Waals surface area contributed by atoms with E-state index >= 15 is 0 Å². The molecule has 1 aromatic heterocycles. The molecule has 90 valence electrons. The van der Waals surface area contributed by atoms with Gasteiger partial charge in [0.1, 0.15) is 4.90 Å². The lowest BCUT2D eigenvalue weighted by atomic mass is 10.3. The predicted octanol–water partition coefficient (Wildman–Crippen LogP) is 0.247. The highest BCUT2D eigenvalue weighted by atomic mass is 32.2. The van der Waals surface area contributed by atoms with E-state index in [1.807, 2.05) is 13.8 Å². The summed E-state index contributed by atoms with van der Waals surface area (Å²) >= 11 is 0. The molecule has 0 aliphatic rings. The van der Waals surface area contributed by atoms with Crippen LogP contribution in [0.3, 0.4) is 0 Å². The van der Waals surface area contributed by atoms with E-state index < -0.39 is 10.0 Å². The second kappa shape index (κ2) is 4.67. The maximum atomic E-state index is 11.8. The van der Waals surface area contributed by atoms with Gasteiger partial charge >= 0.3 is 0 Å². The van der Waals surface area contributed by atoms with Gasteiger partial charge in [0.25, 0.3) is 0 Å². The molecular formula is C9H16N4O2S. The summed E-state index contributed by atoms with van der Waals surface area (Å²) in [4.78, 5) is 0.0113. The molecule has 0 aliphatic heterocycles. The van der Waals surface area contributed by atoms with Crippen molar-refractivity contribution in [1.82, 2.24) is 14.5 Å². The lowest BCUT2D eigenvalue weighted by Gasteiger charge is -2.02. The Hall–Kier alpha value is -1.34. The number of nitrogen functional groups attached to an aromatic ring is 1. The highest BCUT2D eigenvalue weighted by Crippen LogP contribution is 2.14. The van der Waals surface area contributed by atoms with E-state index in [1.165, 1.54) is 10.9 Å². The Kier molecular flexibility index (Phi) is 3.71. The zero-order valence-electron chi connectivity index (χ0n) is 9.56. The van der Waals surface area contributed by atoms with Crippen LogP contribution in [-0.4, -0.2) is 24.7 Å². The smallest absolute Gasteiger partial charge is 0.246 e. The van der Waals surface area contributed by atoms with E-state index in [1.54, 1.807) is 13.1 Å². The van der Waals surface area contributed by atoms with Crippen molar-refractivity contribution in [2.24, 2.45) is 7.05 Å². The average molecular weight is 244 g/mol. The van der Waals surface area contributed by atoms with E-state index in [9.17, 15) is 8.42 Å². The molecule has 0 saturated heterocycles. The molecule has 1 heterocycles. The number of rotatable bonds is 4. The van der Waals surface area contributed by atoms with Crippen molar-refractivity contribution < 1.29 is 8.42 Å². The molecule has 16 heavy (non-hydrogen) atoms. The van der Waals surface area contributed by atoms with Crippen LogP contribution >= 0.6 is 0 Å². The largest absolute Gasteiger partial charge is 0.381 e. The summed E-state index contributed by atoms with van der Waals surface area (Å²) in [6.45, 7) is 4.04. The number of nitrogens with one attached hydrogen (secondary N) is 1. The summed E-state index contributed by atoms with van der Waals surface area (Å²) in [5, 5.41) is 3.78. The Morgan fingerprint density at radius 1 is 1.62 bits per heavy atom. The van der Waals surface area contributed by atoms with Crippen LogP contribution in [0.15, 0.2) is 22.7 Å². The number of aryl methyl sites for hydroxylation is 1. The molecule has 0 fully saturated rings. The van der Waals surface area contributed by atoms with Gasteiger partial charge in [0.05, 0.1) is 0 Å². The van der Waals surface area contributed by atoms with Gasteiger partial charge in [-0.2, -0.15) is 5.10 Å². The summed E-state index contributed by atoms with van der Waals surface area (Å²) in [7, 11) is -1.95. The van der Waals surface area contributed by atoms with Gasteiger partial charge in [-0.1, -0.05) is 11.6 Å². The monoisotopic (exact) mass is 244 g/mol. The van der Waals surface area contributed by atoms with Gasteiger partial charge in [-0.3, -0.25) is 4.68 Å². The molecular weight excluding hydrogens is 228 g/mol. The molecule has 1 aromatic rings. The molecule has 0 amide bonds. The fourth-order valence-electron chi connectivity index (χ4n) is 1.12. The van der Waals surface area contributed by atoms with Crippen LogP contribution in [0.25, 0.3) is 0 Å². The molecule has 0 unspecified atom stereocenters. The molecule has 0 atom stereocenters. The molecule has 0 aromatic carbocycles. The van der Waals surface area contributed by atoms with Crippen LogP contribution in [0.1, 0.15) is 13.8 Å². The second-order valence-corrected chi connectivity index (χ2v) is 5.42. The number of aromatic nitrogens is 2. The normalized spacial score (nSPS) is 11.4. The minimum absolute atomic E-state index is 0.00667. The number of hydrogen-bond donors (Lipinski definition) is 2. The summed E-state index contributed by atoms with van der Waals surface area (Å²) < 4.78 is 27.3. The summed E-state index contributed by atoms with van der Waals surface area (Å²) in [5.41, 5.74) is 6.54. The van der Waals surface area contributed by atoms with Crippen LogP contribution in [-0.2, 0) is 17.1 Å². The fraction of sp³-hybridized carbons (Fsp3) is 0.444. The van der Waals surface area contributed by atoms with E-state index in [0.717, 1.165) is 5.57 Å². The summed E-state index contributed by atoms with van der Waals surface area (Å²) in [6.07, 6.45) is 3.16. The third-order valence-corrected chi connectivity index (χ3v) is 3.34. The molecule has 0 bridgehead atoms. The maximum absolute atomic E-state index is 11.8. The van der Waals surface area contributed by atoms with Crippen molar-refractivity contribution in [3.05, 3.63) is 17.8 Å². The number of nitrogens with two attached hydrogens (primary N) is 1. The highest BCUT2D eigenvalue weighted by molar-refractivity contribution is 7.89. The Bertz CT molecular complexity index is 498.